The summed E-state index contributed by atoms with van der Waals surface area (Å²) in [5, 5.41) is 6.57. The molecule has 0 aliphatic carbocycles. The molecular formula is C10H12N4O3. The zero-order valence-electron chi connectivity index (χ0n) is 9.72. The molecule has 1 aliphatic rings. The van der Waals surface area contributed by atoms with Gasteiger partial charge in [0.2, 0.25) is 11.8 Å². The predicted molar refractivity (Wildman–Crippen MR) is 57.0 cm³/mol. The molecule has 17 heavy (non-hydrogen) atoms. The molecule has 1 aromatic heterocycles. The van der Waals surface area contributed by atoms with Crippen LogP contribution in [0.1, 0.15) is 17.3 Å². The fraction of sp³-hybridized carbons (Fsp3) is 0.400. The van der Waals surface area contributed by atoms with E-state index in [1.807, 2.05) is 0 Å². The van der Waals surface area contributed by atoms with Gasteiger partial charge in [0.05, 0.1) is 5.69 Å². The molecule has 0 bridgehead atoms. The smallest absolute Gasteiger partial charge is 0.283 e. The molecule has 0 radical (unpaired) electrons. The number of carbonyl (C=O) groups is 3. The SMILES string of the molecule is Cc1cc(C2C(=O)N(C)C(=O)N(C)C2=O)n[nH]1. The molecule has 90 valence electrons. The molecule has 0 atom stereocenters. The first-order chi connectivity index (χ1) is 7.93. The van der Waals surface area contributed by atoms with Crippen LogP contribution < -0.4 is 0 Å². The van der Waals surface area contributed by atoms with Crippen LogP contribution >= 0.6 is 0 Å². The topological polar surface area (TPSA) is 86.4 Å². The first-order valence-electron chi connectivity index (χ1n) is 5.04. The van der Waals surface area contributed by atoms with Crippen LogP contribution in [0.15, 0.2) is 6.07 Å². The molecule has 0 spiro atoms. The Kier molecular flexibility index (Phi) is 2.45. The molecule has 1 saturated heterocycles. The molecule has 1 aliphatic heterocycles. The van der Waals surface area contributed by atoms with E-state index in [0.717, 1.165) is 15.5 Å². The second-order valence-corrected chi connectivity index (χ2v) is 3.99. The van der Waals surface area contributed by atoms with Crippen LogP contribution in [0.2, 0.25) is 0 Å². The number of hydrogen-bond donors (Lipinski definition) is 1. The fourth-order valence-electron chi connectivity index (χ4n) is 1.75. The summed E-state index contributed by atoms with van der Waals surface area (Å²) in [6.45, 7) is 1.77. The lowest BCUT2D eigenvalue weighted by Crippen LogP contribution is -2.55. The molecule has 0 saturated carbocycles. The van der Waals surface area contributed by atoms with Gasteiger partial charge >= 0.3 is 6.03 Å². The lowest BCUT2D eigenvalue weighted by molar-refractivity contribution is -0.143. The summed E-state index contributed by atoms with van der Waals surface area (Å²) in [6.07, 6.45) is 0. The number of imide groups is 2. The Balaban J connectivity index is 2.43. The minimum Gasteiger partial charge on any atom is -0.283 e. The number of aryl methyl sites for hydroxylation is 1. The van der Waals surface area contributed by atoms with E-state index in [1.54, 1.807) is 13.0 Å². The Morgan fingerprint density at radius 1 is 1.18 bits per heavy atom. The fourth-order valence-corrected chi connectivity index (χ4v) is 1.75. The Labute approximate surface area is 97.4 Å². The molecule has 1 N–H and O–H groups in total. The molecule has 0 aromatic carbocycles. The highest BCUT2D eigenvalue weighted by Crippen LogP contribution is 2.24. The van der Waals surface area contributed by atoms with Gasteiger partial charge in [-0.3, -0.25) is 24.5 Å². The zero-order valence-corrected chi connectivity index (χ0v) is 9.72. The van der Waals surface area contributed by atoms with Crippen molar-refractivity contribution in [3.8, 4) is 0 Å². The van der Waals surface area contributed by atoms with Crippen molar-refractivity contribution in [3.05, 3.63) is 17.5 Å². The van der Waals surface area contributed by atoms with E-state index in [9.17, 15) is 14.4 Å². The van der Waals surface area contributed by atoms with E-state index in [2.05, 4.69) is 10.2 Å². The van der Waals surface area contributed by atoms with Crippen LogP contribution in [0.4, 0.5) is 4.79 Å². The summed E-state index contributed by atoms with van der Waals surface area (Å²) in [7, 11) is 2.69. The van der Waals surface area contributed by atoms with E-state index in [4.69, 9.17) is 0 Å². The third kappa shape index (κ3) is 1.59. The quantitative estimate of drug-likeness (QED) is 0.687. The van der Waals surface area contributed by atoms with Gasteiger partial charge in [-0.1, -0.05) is 0 Å². The lowest BCUT2D eigenvalue weighted by Gasteiger charge is -2.31. The minimum atomic E-state index is -1.03. The van der Waals surface area contributed by atoms with Crippen molar-refractivity contribution in [1.82, 2.24) is 20.0 Å². The highest BCUT2D eigenvalue weighted by Gasteiger charge is 2.44. The summed E-state index contributed by atoms with van der Waals surface area (Å²) >= 11 is 0. The van der Waals surface area contributed by atoms with Crippen molar-refractivity contribution in [2.45, 2.75) is 12.8 Å². The van der Waals surface area contributed by atoms with Crippen molar-refractivity contribution in [1.29, 1.82) is 0 Å². The number of likely N-dealkylation sites (N-methyl/N-ethyl adjacent to an activating group) is 2. The van der Waals surface area contributed by atoms with Gasteiger partial charge in [-0.2, -0.15) is 5.10 Å². The number of nitrogens with one attached hydrogen (secondary N) is 1. The summed E-state index contributed by atoms with van der Waals surface area (Å²) in [6, 6.07) is 1.00. The Bertz CT molecular complexity index is 483. The number of barbiturate groups is 1. The zero-order chi connectivity index (χ0) is 12.7. The van der Waals surface area contributed by atoms with Gasteiger partial charge in [-0.05, 0) is 13.0 Å². The highest BCUT2D eigenvalue weighted by atomic mass is 16.2. The number of carbonyl (C=O) groups excluding carboxylic acids is 3. The van der Waals surface area contributed by atoms with Crippen LogP contribution in [0, 0.1) is 6.92 Å². The van der Waals surface area contributed by atoms with Gasteiger partial charge in [0.15, 0.2) is 5.92 Å². The number of urea groups is 1. The van der Waals surface area contributed by atoms with Crippen LogP contribution in [-0.4, -0.2) is 51.9 Å². The summed E-state index contributed by atoms with van der Waals surface area (Å²) < 4.78 is 0. The average molecular weight is 236 g/mol. The van der Waals surface area contributed by atoms with Gasteiger partial charge < -0.3 is 0 Å². The van der Waals surface area contributed by atoms with E-state index in [0.29, 0.717) is 5.69 Å². The Morgan fingerprint density at radius 2 is 1.71 bits per heavy atom. The van der Waals surface area contributed by atoms with Crippen LogP contribution in [0.5, 0.6) is 0 Å². The third-order valence-electron chi connectivity index (χ3n) is 2.75. The van der Waals surface area contributed by atoms with Crippen LogP contribution in [0.3, 0.4) is 0 Å². The summed E-state index contributed by atoms with van der Waals surface area (Å²) in [4.78, 5) is 37.2. The van der Waals surface area contributed by atoms with Crippen molar-refractivity contribution in [2.75, 3.05) is 14.1 Å². The second-order valence-electron chi connectivity index (χ2n) is 3.99. The number of aromatic nitrogens is 2. The first-order valence-corrected chi connectivity index (χ1v) is 5.04. The Morgan fingerprint density at radius 3 is 2.12 bits per heavy atom. The van der Waals surface area contributed by atoms with E-state index in [1.165, 1.54) is 14.1 Å². The maximum atomic E-state index is 11.9. The van der Waals surface area contributed by atoms with E-state index >= 15 is 0 Å². The van der Waals surface area contributed by atoms with Crippen LogP contribution in [-0.2, 0) is 9.59 Å². The number of nitrogens with zero attached hydrogens (tertiary/aromatic N) is 3. The average Bonchev–Trinajstić information content (AvgIpc) is 2.71. The van der Waals surface area contributed by atoms with Gasteiger partial charge in [0.1, 0.15) is 0 Å². The van der Waals surface area contributed by atoms with Gasteiger partial charge in [-0.25, -0.2) is 4.79 Å². The molecule has 1 fully saturated rings. The van der Waals surface area contributed by atoms with Crippen LogP contribution in [0.25, 0.3) is 0 Å². The minimum absolute atomic E-state index is 0.337. The van der Waals surface area contributed by atoms with Crippen molar-refractivity contribution < 1.29 is 14.4 Å². The molecular weight excluding hydrogens is 224 g/mol. The molecule has 0 unspecified atom stereocenters. The van der Waals surface area contributed by atoms with Gasteiger partial charge in [-0.15, -0.1) is 0 Å². The van der Waals surface area contributed by atoms with Crippen molar-refractivity contribution in [2.24, 2.45) is 0 Å². The monoisotopic (exact) mass is 236 g/mol. The van der Waals surface area contributed by atoms with Gasteiger partial charge in [0.25, 0.3) is 0 Å². The largest absolute Gasteiger partial charge is 0.332 e. The van der Waals surface area contributed by atoms with E-state index in [-0.39, 0.29) is 0 Å². The molecule has 2 heterocycles. The Hall–Kier alpha value is -2.18. The number of amides is 4. The molecule has 7 nitrogen and oxygen atoms in total. The number of hydrogen-bond acceptors (Lipinski definition) is 4. The summed E-state index contributed by atoms with van der Waals surface area (Å²) in [5.74, 6) is -2.14. The lowest BCUT2D eigenvalue weighted by atomic mass is 10.00. The molecule has 1 aromatic rings. The molecule has 7 heteroatoms. The normalized spacial score (nSPS) is 18.2. The van der Waals surface area contributed by atoms with Gasteiger partial charge in [0, 0.05) is 19.8 Å². The van der Waals surface area contributed by atoms with E-state index < -0.39 is 23.8 Å². The van der Waals surface area contributed by atoms with Crippen molar-refractivity contribution in [3.63, 3.8) is 0 Å². The number of aromatic amines is 1. The molecule has 2 rings (SSSR count). The first kappa shape index (κ1) is 11.3. The standard InChI is InChI=1S/C10H12N4O3/c1-5-4-6(12-11-5)7-8(15)13(2)10(17)14(3)9(7)16/h4,7H,1-3H3,(H,11,12). The predicted octanol–water partition coefficient (Wildman–Crippen LogP) is -0.148. The number of rotatable bonds is 1. The highest BCUT2D eigenvalue weighted by molar-refractivity contribution is 6.18. The number of H-pyrrole nitrogens is 1. The maximum Gasteiger partial charge on any atom is 0.332 e. The summed E-state index contributed by atoms with van der Waals surface area (Å²) in [5.41, 5.74) is 1.09. The second kappa shape index (κ2) is 3.69. The third-order valence-corrected chi connectivity index (χ3v) is 2.75. The van der Waals surface area contributed by atoms with Crippen molar-refractivity contribution >= 4 is 17.8 Å². The maximum absolute atomic E-state index is 11.9. The molecule has 4 amide bonds.